The van der Waals surface area contributed by atoms with E-state index in [2.05, 4.69) is 5.32 Å². The Hall–Kier alpha value is -2.60. The predicted molar refractivity (Wildman–Crippen MR) is 83.5 cm³/mol. The molecule has 5 nitrogen and oxygen atoms in total. The maximum Gasteiger partial charge on any atom is 0.331 e. The summed E-state index contributed by atoms with van der Waals surface area (Å²) in [5.41, 5.74) is 0.232. The molecule has 0 atom stereocenters. The van der Waals surface area contributed by atoms with Gasteiger partial charge in [0.15, 0.2) is 6.61 Å². The van der Waals surface area contributed by atoms with Crippen molar-refractivity contribution in [2.75, 3.05) is 11.9 Å². The summed E-state index contributed by atoms with van der Waals surface area (Å²) >= 11 is 5.77. The second-order valence-corrected chi connectivity index (χ2v) is 4.97. The Labute approximate surface area is 136 Å². The molecule has 120 valence electrons. The van der Waals surface area contributed by atoms with E-state index in [0.29, 0.717) is 11.5 Å². The summed E-state index contributed by atoms with van der Waals surface area (Å²) in [4.78, 5) is 23.1. The Balaban J connectivity index is 1.81. The van der Waals surface area contributed by atoms with E-state index in [1.807, 2.05) is 0 Å². The third-order valence-corrected chi connectivity index (χ3v) is 3.01. The molecule has 7 heteroatoms. The van der Waals surface area contributed by atoms with Gasteiger partial charge in [-0.25, -0.2) is 9.18 Å². The summed E-state index contributed by atoms with van der Waals surface area (Å²) < 4.78 is 22.9. The van der Waals surface area contributed by atoms with Gasteiger partial charge in [-0.1, -0.05) is 11.6 Å². The number of hydrogen-bond donors (Lipinski definition) is 1. The minimum absolute atomic E-state index is 0.0535. The van der Waals surface area contributed by atoms with Crippen molar-refractivity contribution in [2.24, 2.45) is 0 Å². The van der Waals surface area contributed by atoms with Crippen LogP contribution in [0.1, 0.15) is 11.5 Å². The minimum Gasteiger partial charge on any atom is -0.462 e. The van der Waals surface area contributed by atoms with Crippen LogP contribution in [0.4, 0.5) is 10.1 Å². The fraction of sp³-hybridized carbons (Fsp3) is 0.125. The highest BCUT2D eigenvalue weighted by molar-refractivity contribution is 6.33. The van der Waals surface area contributed by atoms with Crippen LogP contribution >= 0.6 is 11.6 Å². The lowest BCUT2D eigenvalue weighted by Crippen LogP contribution is -2.20. The highest BCUT2D eigenvalue weighted by Crippen LogP contribution is 2.22. The molecule has 0 unspecified atom stereocenters. The van der Waals surface area contributed by atoms with Crippen LogP contribution in [0.25, 0.3) is 6.08 Å². The lowest BCUT2D eigenvalue weighted by atomic mass is 10.3. The van der Waals surface area contributed by atoms with Crippen LogP contribution in [0.5, 0.6) is 0 Å². The molecule has 2 rings (SSSR count). The van der Waals surface area contributed by atoms with Gasteiger partial charge in [-0.3, -0.25) is 4.79 Å². The van der Waals surface area contributed by atoms with E-state index in [-0.39, 0.29) is 10.7 Å². The maximum atomic E-state index is 12.9. The van der Waals surface area contributed by atoms with Gasteiger partial charge >= 0.3 is 5.97 Å². The molecule has 1 heterocycles. The zero-order valence-corrected chi connectivity index (χ0v) is 12.9. The largest absolute Gasteiger partial charge is 0.462 e. The number of furan rings is 1. The average Bonchev–Trinajstić information content (AvgIpc) is 2.91. The number of rotatable bonds is 5. The molecule has 2 aromatic rings. The summed E-state index contributed by atoms with van der Waals surface area (Å²) in [6.07, 6.45) is 2.58. The van der Waals surface area contributed by atoms with Crippen LogP contribution in [0.3, 0.4) is 0 Å². The lowest BCUT2D eigenvalue weighted by Gasteiger charge is -2.07. The number of esters is 1. The first kappa shape index (κ1) is 16.8. The first-order valence-electron chi connectivity index (χ1n) is 6.60. The van der Waals surface area contributed by atoms with Gasteiger partial charge in [-0.2, -0.15) is 0 Å². The standard InChI is InChI=1S/C16H13ClFNO4/c1-10-2-4-12(23-10)5-7-16(21)22-9-15(20)19-14-6-3-11(18)8-13(14)17/h2-8H,9H2,1H3,(H,19,20). The zero-order valence-electron chi connectivity index (χ0n) is 12.1. The first-order chi connectivity index (χ1) is 10.9. The van der Waals surface area contributed by atoms with Crippen molar-refractivity contribution >= 4 is 35.2 Å². The Morgan fingerprint density at radius 2 is 2.13 bits per heavy atom. The Kier molecular flexibility index (Phi) is 5.54. The minimum atomic E-state index is -0.695. The number of benzene rings is 1. The summed E-state index contributed by atoms with van der Waals surface area (Å²) in [5.74, 6) is -0.582. The molecule has 1 amide bonds. The van der Waals surface area contributed by atoms with Gasteiger partial charge in [-0.15, -0.1) is 0 Å². The highest BCUT2D eigenvalue weighted by atomic mass is 35.5. The third kappa shape index (κ3) is 5.27. The summed E-state index contributed by atoms with van der Waals surface area (Å²) in [7, 11) is 0. The smallest absolute Gasteiger partial charge is 0.331 e. The number of anilines is 1. The Bertz CT molecular complexity index is 754. The number of amides is 1. The van der Waals surface area contributed by atoms with E-state index in [0.717, 1.165) is 18.2 Å². The lowest BCUT2D eigenvalue weighted by molar-refractivity contribution is -0.142. The summed E-state index contributed by atoms with van der Waals surface area (Å²) in [6, 6.07) is 6.99. The number of carbonyl (C=O) groups excluding carboxylic acids is 2. The number of halogens is 2. The first-order valence-corrected chi connectivity index (χ1v) is 6.98. The molecule has 0 bridgehead atoms. The average molecular weight is 338 g/mol. The molecule has 1 aromatic carbocycles. The Morgan fingerprint density at radius 3 is 2.78 bits per heavy atom. The fourth-order valence-corrected chi connectivity index (χ4v) is 1.87. The SMILES string of the molecule is Cc1ccc(C=CC(=O)OCC(=O)Nc2ccc(F)cc2Cl)o1. The second kappa shape index (κ2) is 7.60. The van der Waals surface area contributed by atoms with Gasteiger partial charge in [0.25, 0.3) is 5.91 Å². The van der Waals surface area contributed by atoms with Crippen molar-refractivity contribution in [3.8, 4) is 0 Å². The monoisotopic (exact) mass is 337 g/mol. The molecule has 23 heavy (non-hydrogen) atoms. The van der Waals surface area contributed by atoms with Crippen LogP contribution in [0, 0.1) is 12.7 Å². The van der Waals surface area contributed by atoms with Crippen molar-refractivity contribution in [3.63, 3.8) is 0 Å². The summed E-state index contributed by atoms with van der Waals surface area (Å²) in [6.45, 7) is 1.29. The van der Waals surface area contributed by atoms with Gasteiger partial charge in [0, 0.05) is 6.08 Å². The molecule has 0 spiro atoms. The molecular formula is C16H13ClFNO4. The van der Waals surface area contributed by atoms with Crippen LogP contribution in [0.2, 0.25) is 5.02 Å². The van der Waals surface area contributed by atoms with E-state index < -0.39 is 24.3 Å². The molecular weight excluding hydrogens is 325 g/mol. The van der Waals surface area contributed by atoms with E-state index in [1.54, 1.807) is 19.1 Å². The molecule has 0 saturated heterocycles. The normalized spacial score (nSPS) is 10.7. The predicted octanol–water partition coefficient (Wildman–Crippen LogP) is 3.58. The molecule has 1 aromatic heterocycles. The maximum absolute atomic E-state index is 12.9. The topological polar surface area (TPSA) is 68.5 Å². The van der Waals surface area contributed by atoms with E-state index in [4.69, 9.17) is 20.8 Å². The van der Waals surface area contributed by atoms with Gasteiger partial charge < -0.3 is 14.5 Å². The van der Waals surface area contributed by atoms with Gasteiger partial charge in [0.2, 0.25) is 0 Å². The zero-order chi connectivity index (χ0) is 16.8. The number of ether oxygens (including phenoxy) is 1. The molecule has 1 N–H and O–H groups in total. The number of aryl methyl sites for hydroxylation is 1. The number of carbonyl (C=O) groups is 2. The van der Waals surface area contributed by atoms with Crippen molar-refractivity contribution in [2.45, 2.75) is 6.92 Å². The molecule has 0 aliphatic rings. The van der Waals surface area contributed by atoms with E-state index in [1.165, 1.54) is 12.1 Å². The van der Waals surface area contributed by atoms with Crippen LogP contribution < -0.4 is 5.32 Å². The quantitative estimate of drug-likeness (QED) is 0.669. The molecule has 0 fully saturated rings. The van der Waals surface area contributed by atoms with E-state index in [9.17, 15) is 14.0 Å². The molecule has 0 saturated carbocycles. The van der Waals surface area contributed by atoms with Gasteiger partial charge in [0.1, 0.15) is 17.3 Å². The van der Waals surface area contributed by atoms with Crippen molar-refractivity contribution < 1.29 is 23.1 Å². The second-order valence-electron chi connectivity index (χ2n) is 4.56. The van der Waals surface area contributed by atoms with Gasteiger partial charge in [0.05, 0.1) is 10.7 Å². The molecule has 0 aliphatic carbocycles. The fourth-order valence-electron chi connectivity index (χ4n) is 1.66. The van der Waals surface area contributed by atoms with Crippen LogP contribution in [0.15, 0.2) is 40.8 Å². The van der Waals surface area contributed by atoms with Crippen LogP contribution in [-0.4, -0.2) is 18.5 Å². The van der Waals surface area contributed by atoms with Crippen LogP contribution in [-0.2, 0) is 14.3 Å². The van der Waals surface area contributed by atoms with Crippen molar-refractivity contribution in [1.82, 2.24) is 0 Å². The third-order valence-electron chi connectivity index (χ3n) is 2.70. The van der Waals surface area contributed by atoms with E-state index >= 15 is 0 Å². The van der Waals surface area contributed by atoms with Crippen molar-refractivity contribution in [3.05, 3.63) is 58.8 Å². The summed E-state index contributed by atoms with van der Waals surface area (Å²) in [5, 5.41) is 2.47. The molecule has 0 radical (unpaired) electrons. The highest BCUT2D eigenvalue weighted by Gasteiger charge is 2.09. The number of nitrogens with one attached hydrogen (secondary N) is 1. The molecule has 0 aliphatic heterocycles. The van der Waals surface area contributed by atoms with Gasteiger partial charge in [-0.05, 0) is 43.3 Å². The number of hydrogen-bond acceptors (Lipinski definition) is 4. The Morgan fingerprint density at radius 1 is 1.35 bits per heavy atom. The van der Waals surface area contributed by atoms with Crippen molar-refractivity contribution in [1.29, 1.82) is 0 Å².